The molecule has 2 heterocycles. The molecular formula is C22H25N3O5S. The summed E-state index contributed by atoms with van der Waals surface area (Å²) in [7, 11) is 4.44. The van der Waals surface area contributed by atoms with Crippen LogP contribution in [0.4, 0.5) is 0 Å². The molecule has 0 bridgehead atoms. The number of methoxy groups -OCH3 is 2. The van der Waals surface area contributed by atoms with E-state index in [1.54, 1.807) is 0 Å². The number of carbonyl (C=O) groups is 2. The van der Waals surface area contributed by atoms with Crippen molar-refractivity contribution < 1.29 is 19.1 Å². The van der Waals surface area contributed by atoms with Crippen LogP contribution in [0.1, 0.15) is 39.1 Å². The van der Waals surface area contributed by atoms with E-state index >= 15 is 0 Å². The average molecular weight is 444 g/mol. The first-order valence-corrected chi connectivity index (χ1v) is 10.6. The molecule has 164 valence electrons. The SMILES string of the molecule is CCc1ccc(CN(C)Cc2nc3sc(C(=O)OC)c(CC(=O)OC)c3c(=O)[nH]2)cc1. The number of rotatable bonds is 8. The highest BCUT2D eigenvalue weighted by Gasteiger charge is 2.24. The van der Waals surface area contributed by atoms with Gasteiger partial charge in [0.25, 0.3) is 5.56 Å². The second-order valence-corrected chi connectivity index (χ2v) is 8.19. The first kappa shape index (κ1) is 22.6. The van der Waals surface area contributed by atoms with Gasteiger partial charge >= 0.3 is 11.9 Å². The van der Waals surface area contributed by atoms with Crippen molar-refractivity contribution in [3.8, 4) is 0 Å². The van der Waals surface area contributed by atoms with E-state index in [2.05, 4.69) is 41.2 Å². The van der Waals surface area contributed by atoms with E-state index in [1.807, 2.05) is 11.9 Å². The Morgan fingerprint density at radius 1 is 1.10 bits per heavy atom. The van der Waals surface area contributed by atoms with E-state index in [-0.39, 0.29) is 22.2 Å². The Kier molecular flexibility index (Phi) is 7.19. The number of nitrogens with zero attached hydrogens (tertiary/aromatic N) is 2. The van der Waals surface area contributed by atoms with E-state index in [1.165, 1.54) is 19.8 Å². The van der Waals surface area contributed by atoms with Crippen LogP contribution in [-0.4, -0.2) is 48.1 Å². The van der Waals surface area contributed by atoms with Crippen LogP contribution in [0.25, 0.3) is 10.2 Å². The first-order valence-electron chi connectivity index (χ1n) is 9.82. The normalized spacial score (nSPS) is 11.1. The Balaban J connectivity index is 1.89. The summed E-state index contributed by atoms with van der Waals surface area (Å²) >= 11 is 1.04. The minimum absolute atomic E-state index is 0.183. The summed E-state index contributed by atoms with van der Waals surface area (Å²) in [4.78, 5) is 46.7. The van der Waals surface area contributed by atoms with Gasteiger partial charge < -0.3 is 14.5 Å². The van der Waals surface area contributed by atoms with Crippen molar-refractivity contribution in [2.75, 3.05) is 21.3 Å². The van der Waals surface area contributed by atoms with Crippen LogP contribution in [0.15, 0.2) is 29.1 Å². The summed E-state index contributed by atoms with van der Waals surface area (Å²) in [6.07, 6.45) is 0.784. The van der Waals surface area contributed by atoms with Crippen molar-refractivity contribution in [2.24, 2.45) is 0 Å². The largest absolute Gasteiger partial charge is 0.469 e. The van der Waals surface area contributed by atoms with Gasteiger partial charge in [-0.1, -0.05) is 31.2 Å². The summed E-state index contributed by atoms with van der Waals surface area (Å²) in [5, 5.41) is 0.220. The molecule has 3 rings (SSSR count). The number of ether oxygens (including phenoxy) is 2. The van der Waals surface area contributed by atoms with Crippen molar-refractivity contribution in [3.05, 3.63) is 62.0 Å². The minimum Gasteiger partial charge on any atom is -0.469 e. The number of benzene rings is 1. The third kappa shape index (κ3) is 5.18. The molecule has 0 aliphatic heterocycles. The van der Waals surface area contributed by atoms with Crippen molar-refractivity contribution in [1.82, 2.24) is 14.9 Å². The molecule has 8 nitrogen and oxygen atoms in total. The molecule has 0 amide bonds. The number of aromatic nitrogens is 2. The lowest BCUT2D eigenvalue weighted by Crippen LogP contribution is -2.22. The molecule has 2 aromatic heterocycles. The molecule has 31 heavy (non-hydrogen) atoms. The molecule has 0 aliphatic rings. The number of hydrogen-bond donors (Lipinski definition) is 1. The Hall–Kier alpha value is -3.04. The van der Waals surface area contributed by atoms with Crippen LogP contribution in [0.3, 0.4) is 0 Å². The van der Waals surface area contributed by atoms with Crippen LogP contribution in [0.2, 0.25) is 0 Å². The summed E-state index contributed by atoms with van der Waals surface area (Å²) in [5.74, 6) is -0.690. The minimum atomic E-state index is -0.615. The lowest BCUT2D eigenvalue weighted by atomic mass is 10.1. The van der Waals surface area contributed by atoms with Crippen LogP contribution in [0, 0.1) is 0 Å². The molecular weight excluding hydrogens is 418 g/mol. The van der Waals surface area contributed by atoms with Gasteiger partial charge in [-0.05, 0) is 24.6 Å². The Morgan fingerprint density at radius 2 is 1.77 bits per heavy atom. The third-order valence-corrected chi connectivity index (χ3v) is 6.04. The predicted octanol–water partition coefficient (Wildman–Crippen LogP) is 2.68. The van der Waals surface area contributed by atoms with E-state index in [4.69, 9.17) is 9.47 Å². The highest BCUT2D eigenvalue weighted by molar-refractivity contribution is 7.20. The molecule has 1 aromatic carbocycles. The highest BCUT2D eigenvalue weighted by Crippen LogP contribution is 2.29. The topological polar surface area (TPSA) is 102 Å². The number of aryl methyl sites for hydroxylation is 1. The fourth-order valence-corrected chi connectivity index (χ4v) is 4.46. The van der Waals surface area contributed by atoms with E-state index in [9.17, 15) is 14.4 Å². The molecule has 0 saturated carbocycles. The summed E-state index contributed by atoms with van der Waals surface area (Å²) < 4.78 is 9.51. The zero-order valence-corrected chi connectivity index (χ0v) is 18.8. The van der Waals surface area contributed by atoms with Gasteiger partial charge in [0.1, 0.15) is 15.5 Å². The Bertz CT molecular complexity index is 1150. The smallest absolute Gasteiger partial charge is 0.348 e. The molecule has 1 N–H and O–H groups in total. The van der Waals surface area contributed by atoms with Crippen LogP contribution in [-0.2, 0) is 40.2 Å². The second-order valence-electron chi connectivity index (χ2n) is 7.19. The maximum Gasteiger partial charge on any atom is 0.348 e. The Morgan fingerprint density at radius 3 is 2.39 bits per heavy atom. The van der Waals surface area contributed by atoms with Crippen LogP contribution < -0.4 is 5.56 Å². The molecule has 9 heteroatoms. The van der Waals surface area contributed by atoms with Crippen molar-refractivity contribution in [1.29, 1.82) is 0 Å². The second kappa shape index (κ2) is 9.84. The Labute approximate surface area is 183 Å². The molecule has 0 unspecified atom stereocenters. The average Bonchev–Trinajstić information content (AvgIpc) is 3.12. The van der Waals surface area contributed by atoms with Gasteiger partial charge in [-0.2, -0.15) is 0 Å². The van der Waals surface area contributed by atoms with Gasteiger partial charge in [0.15, 0.2) is 0 Å². The number of nitrogens with one attached hydrogen (secondary N) is 1. The zero-order valence-electron chi connectivity index (χ0n) is 18.0. The van der Waals surface area contributed by atoms with Gasteiger partial charge in [-0.3, -0.25) is 14.5 Å². The van der Waals surface area contributed by atoms with Gasteiger partial charge in [-0.25, -0.2) is 9.78 Å². The molecule has 0 fully saturated rings. The lowest BCUT2D eigenvalue weighted by Gasteiger charge is -2.16. The monoisotopic (exact) mass is 443 g/mol. The molecule has 0 aliphatic carbocycles. The highest BCUT2D eigenvalue weighted by atomic mass is 32.1. The number of H-pyrrole nitrogens is 1. The molecule has 0 atom stereocenters. The van der Waals surface area contributed by atoms with Crippen LogP contribution >= 0.6 is 11.3 Å². The number of aromatic amines is 1. The van der Waals surface area contributed by atoms with Gasteiger partial charge in [0, 0.05) is 12.1 Å². The van der Waals surface area contributed by atoms with E-state index < -0.39 is 17.5 Å². The van der Waals surface area contributed by atoms with Gasteiger partial charge in [0.2, 0.25) is 0 Å². The van der Waals surface area contributed by atoms with Gasteiger partial charge in [0.05, 0.1) is 32.6 Å². The summed E-state index contributed by atoms with van der Waals surface area (Å²) in [5.41, 5.74) is 2.33. The summed E-state index contributed by atoms with van der Waals surface area (Å²) in [6.45, 7) is 3.22. The zero-order chi connectivity index (χ0) is 22.5. The van der Waals surface area contributed by atoms with E-state index in [0.29, 0.717) is 23.7 Å². The first-order chi connectivity index (χ1) is 14.9. The van der Waals surface area contributed by atoms with Crippen molar-refractivity contribution >= 4 is 33.5 Å². The number of hydrogen-bond acceptors (Lipinski definition) is 8. The molecule has 0 radical (unpaired) electrons. The van der Waals surface area contributed by atoms with Gasteiger partial charge in [-0.15, -0.1) is 11.3 Å². The van der Waals surface area contributed by atoms with Crippen molar-refractivity contribution in [2.45, 2.75) is 32.9 Å². The van der Waals surface area contributed by atoms with Crippen molar-refractivity contribution in [3.63, 3.8) is 0 Å². The quantitative estimate of drug-likeness (QED) is 0.534. The fraction of sp³-hybridized carbons (Fsp3) is 0.364. The number of esters is 2. The number of carbonyl (C=O) groups excluding carboxylic acids is 2. The van der Waals surface area contributed by atoms with E-state index in [0.717, 1.165) is 23.3 Å². The fourth-order valence-electron chi connectivity index (χ4n) is 3.33. The number of thiophene rings is 1. The standard InChI is InChI=1S/C22H25N3O5S/c1-5-13-6-8-14(9-7-13)11-25(2)12-16-23-20(27)18-15(10-17(26)29-3)19(22(28)30-4)31-21(18)24-16/h6-9H,5,10-12H2,1-4H3,(H,23,24,27). The molecule has 0 saturated heterocycles. The number of fused-ring (bicyclic) bond motifs is 1. The maximum absolute atomic E-state index is 12.8. The molecule has 0 spiro atoms. The van der Waals surface area contributed by atoms with Crippen LogP contribution in [0.5, 0.6) is 0 Å². The predicted molar refractivity (Wildman–Crippen MR) is 118 cm³/mol. The maximum atomic E-state index is 12.8. The molecule has 3 aromatic rings. The summed E-state index contributed by atoms with van der Waals surface area (Å²) in [6, 6.07) is 8.40. The third-order valence-electron chi connectivity index (χ3n) is 4.93. The lowest BCUT2D eigenvalue weighted by molar-refractivity contribution is -0.139.